The van der Waals surface area contributed by atoms with E-state index < -0.39 is 14.5 Å². The molecule has 0 saturated carbocycles. The minimum atomic E-state index is -3.54. The average molecular weight is 182 g/mol. The summed E-state index contributed by atoms with van der Waals surface area (Å²) in [7, 11) is 1.37. The summed E-state index contributed by atoms with van der Waals surface area (Å²) in [5.41, 5.74) is -0.888. The Morgan fingerprint density at radius 1 is 1.60 bits per heavy atom. The van der Waals surface area contributed by atoms with Crippen LogP contribution in [0.15, 0.2) is 0 Å². The number of hydrogen-bond donors (Lipinski definition) is 0. The van der Waals surface area contributed by atoms with Gasteiger partial charge in [0.2, 0.25) is 9.05 Å². The summed E-state index contributed by atoms with van der Waals surface area (Å²) in [6.07, 6.45) is 0. The third-order valence-corrected chi connectivity index (χ3v) is 2.23. The van der Waals surface area contributed by atoms with E-state index in [1.165, 1.54) is 13.8 Å². The maximum atomic E-state index is 10.4. The maximum Gasteiger partial charge on any atom is 0.234 e. The van der Waals surface area contributed by atoms with E-state index in [1.807, 2.05) is 6.07 Å². The third kappa shape index (κ3) is 4.59. The number of nitriles is 1. The lowest BCUT2D eigenvalue weighted by atomic mass is 10.00. The lowest BCUT2D eigenvalue weighted by molar-refractivity contribution is 0.539. The third-order valence-electron chi connectivity index (χ3n) is 0.836. The summed E-state index contributed by atoms with van der Waals surface area (Å²) >= 11 is 0. The number of hydrogen-bond acceptors (Lipinski definition) is 3. The Morgan fingerprint density at radius 3 is 2.10 bits per heavy atom. The Labute approximate surface area is 65.0 Å². The van der Waals surface area contributed by atoms with E-state index in [0.717, 1.165) is 0 Å². The lowest BCUT2D eigenvalue weighted by Crippen LogP contribution is -2.18. The molecule has 0 atom stereocenters. The van der Waals surface area contributed by atoms with Crippen molar-refractivity contribution < 1.29 is 8.42 Å². The first-order chi connectivity index (χ1) is 4.27. The highest BCUT2D eigenvalue weighted by molar-refractivity contribution is 8.13. The van der Waals surface area contributed by atoms with Gasteiger partial charge in [0.15, 0.2) is 0 Å². The second kappa shape index (κ2) is 2.77. The van der Waals surface area contributed by atoms with Gasteiger partial charge in [-0.25, -0.2) is 8.42 Å². The van der Waals surface area contributed by atoms with Crippen molar-refractivity contribution in [3.05, 3.63) is 0 Å². The SMILES string of the molecule is CC(C)(C#N)CS(=O)(=O)Cl. The molecule has 58 valence electrons. The first kappa shape index (κ1) is 9.73. The first-order valence-electron chi connectivity index (χ1n) is 2.60. The average Bonchev–Trinajstić information content (AvgIpc) is 1.60. The highest BCUT2D eigenvalue weighted by Crippen LogP contribution is 2.17. The Hall–Kier alpha value is -0.270. The summed E-state index contributed by atoms with van der Waals surface area (Å²) < 4.78 is 20.8. The smallest absolute Gasteiger partial charge is 0.212 e. The van der Waals surface area contributed by atoms with Crippen molar-refractivity contribution in [1.29, 1.82) is 5.26 Å². The highest BCUT2D eigenvalue weighted by atomic mass is 35.7. The molecular weight excluding hydrogens is 174 g/mol. The fraction of sp³-hybridized carbons (Fsp3) is 0.800. The number of rotatable bonds is 2. The lowest BCUT2D eigenvalue weighted by Gasteiger charge is -2.10. The predicted octanol–water partition coefficient (Wildman–Crippen LogP) is 1.10. The van der Waals surface area contributed by atoms with Crippen molar-refractivity contribution in [3.63, 3.8) is 0 Å². The van der Waals surface area contributed by atoms with Gasteiger partial charge < -0.3 is 0 Å². The van der Waals surface area contributed by atoms with Crippen LogP contribution in [-0.2, 0) is 9.05 Å². The Kier molecular flexibility index (Phi) is 2.69. The zero-order valence-electron chi connectivity index (χ0n) is 5.76. The fourth-order valence-electron chi connectivity index (χ4n) is 0.463. The van der Waals surface area contributed by atoms with Crippen LogP contribution in [0.3, 0.4) is 0 Å². The molecule has 0 aromatic rings. The van der Waals surface area contributed by atoms with Gasteiger partial charge in [-0.1, -0.05) is 0 Å². The zero-order valence-corrected chi connectivity index (χ0v) is 7.33. The van der Waals surface area contributed by atoms with Crippen LogP contribution < -0.4 is 0 Å². The van der Waals surface area contributed by atoms with Gasteiger partial charge in [0.05, 0.1) is 17.2 Å². The van der Waals surface area contributed by atoms with Crippen LogP contribution in [0, 0.1) is 16.7 Å². The number of nitrogens with zero attached hydrogens (tertiary/aromatic N) is 1. The molecule has 0 aliphatic carbocycles. The minimum Gasteiger partial charge on any atom is -0.212 e. The first-order valence-corrected chi connectivity index (χ1v) is 5.08. The van der Waals surface area contributed by atoms with Crippen LogP contribution in [0.25, 0.3) is 0 Å². The van der Waals surface area contributed by atoms with Crippen LogP contribution >= 0.6 is 10.7 Å². The summed E-state index contributed by atoms with van der Waals surface area (Å²) in [5, 5.41) is 8.38. The van der Waals surface area contributed by atoms with Gasteiger partial charge in [0, 0.05) is 10.7 Å². The molecule has 10 heavy (non-hydrogen) atoms. The van der Waals surface area contributed by atoms with E-state index in [4.69, 9.17) is 15.9 Å². The quantitative estimate of drug-likeness (QED) is 0.600. The van der Waals surface area contributed by atoms with Crippen molar-refractivity contribution in [3.8, 4) is 6.07 Å². The van der Waals surface area contributed by atoms with Gasteiger partial charge in [-0.15, -0.1) is 0 Å². The van der Waals surface area contributed by atoms with Gasteiger partial charge in [-0.05, 0) is 13.8 Å². The van der Waals surface area contributed by atoms with Crippen molar-refractivity contribution in [2.24, 2.45) is 5.41 Å². The predicted molar refractivity (Wildman–Crippen MR) is 39.0 cm³/mol. The monoisotopic (exact) mass is 181 g/mol. The van der Waals surface area contributed by atoms with E-state index in [9.17, 15) is 8.42 Å². The molecule has 0 radical (unpaired) electrons. The van der Waals surface area contributed by atoms with Crippen LogP contribution in [0.4, 0.5) is 0 Å². The van der Waals surface area contributed by atoms with Crippen molar-refractivity contribution in [2.75, 3.05) is 5.75 Å². The molecule has 0 spiro atoms. The zero-order chi connectivity index (χ0) is 8.41. The normalized spacial score (nSPS) is 12.6. The molecule has 0 unspecified atom stereocenters. The summed E-state index contributed by atoms with van der Waals surface area (Å²) in [4.78, 5) is 0. The van der Waals surface area contributed by atoms with Crippen LogP contribution in [0.2, 0.25) is 0 Å². The van der Waals surface area contributed by atoms with E-state index in [0.29, 0.717) is 0 Å². The largest absolute Gasteiger partial charge is 0.234 e. The van der Waals surface area contributed by atoms with Gasteiger partial charge in [-0.2, -0.15) is 5.26 Å². The summed E-state index contributed by atoms with van der Waals surface area (Å²) in [5.74, 6) is -0.307. The Balaban J connectivity index is 4.35. The topological polar surface area (TPSA) is 57.9 Å². The molecule has 0 N–H and O–H groups in total. The second-order valence-corrected chi connectivity index (χ2v) is 5.46. The number of halogens is 1. The van der Waals surface area contributed by atoms with E-state index >= 15 is 0 Å². The highest BCUT2D eigenvalue weighted by Gasteiger charge is 2.23. The molecular formula is C5H8ClNO2S. The molecule has 0 fully saturated rings. The van der Waals surface area contributed by atoms with Gasteiger partial charge in [0.1, 0.15) is 0 Å². The fourth-order valence-corrected chi connectivity index (χ4v) is 2.21. The molecule has 0 aliphatic rings. The molecule has 3 nitrogen and oxygen atoms in total. The van der Waals surface area contributed by atoms with E-state index in [1.54, 1.807) is 0 Å². The maximum absolute atomic E-state index is 10.4. The van der Waals surface area contributed by atoms with Gasteiger partial charge in [-0.3, -0.25) is 0 Å². The summed E-state index contributed by atoms with van der Waals surface area (Å²) in [6, 6.07) is 1.83. The molecule has 0 heterocycles. The Bertz CT molecular complexity index is 249. The summed E-state index contributed by atoms with van der Waals surface area (Å²) in [6.45, 7) is 3.04. The van der Waals surface area contributed by atoms with E-state index in [2.05, 4.69) is 0 Å². The second-order valence-electron chi connectivity index (χ2n) is 2.68. The molecule has 0 aromatic heterocycles. The van der Waals surface area contributed by atoms with Crippen LogP contribution in [-0.4, -0.2) is 14.2 Å². The molecule has 0 saturated heterocycles. The van der Waals surface area contributed by atoms with Gasteiger partial charge in [0.25, 0.3) is 0 Å². The Morgan fingerprint density at radius 2 is 2.00 bits per heavy atom. The molecule has 5 heteroatoms. The molecule has 0 rings (SSSR count). The van der Waals surface area contributed by atoms with E-state index in [-0.39, 0.29) is 5.75 Å². The molecule has 0 aromatic carbocycles. The van der Waals surface area contributed by atoms with Crippen molar-refractivity contribution in [1.82, 2.24) is 0 Å². The van der Waals surface area contributed by atoms with Crippen molar-refractivity contribution >= 4 is 19.7 Å². The van der Waals surface area contributed by atoms with Crippen LogP contribution in [0.1, 0.15) is 13.8 Å². The van der Waals surface area contributed by atoms with Crippen LogP contribution in [0.5, 0.6) is 0 Å². The molecule has 0 bridgehead atoms. The standard InChI is InChI=1S/C5H8ClNO2S/c1-5(2,3-7)4-10(6,8)9/h4H2,1-2H3. The molecule has 0 aliphatic heterocycles. The molecule has 0 amide bonds. The minimum absolute atomic E-state index is 0.307. The van der Waals surface area contributed by atoms with Gasteiger partial charge >= 0.3 is 0 Å². The van der Waals surface area contributed by atoms with Crippen molar-refractivity contribution in [2.45, 2.75) is 13.8 Å².